The van der Waals surface area contributed by atoms with Gasteiger partial charge in [0.15, 0.2) is 11.6 Å². The Labute approximate surface area is 135 Å². The number of rotatable bonds is 3. The van der Waals surface area contributed by atoms with Crippen LogP contribution in [0.25, 0.3) is 0 Å². The van der Waals surface area contributed by atoms with Crippen molar-refractivity contribution in [1.29, 1.82) is 0 Å². The van der Waals surface area contributed by atoms with Crippen LogP contribution in [0.2, 0.25) is 0 Å². The van der Waals surface area contributed by atoms with Crippen molar-refractivity contribution in [2.24, 2.45) is 0 Å². The maximum absolute atomic E-state index is 13.5. The average molecular weight is 445 g/mol. The van der Waals surface area contributed by atoms with Gasteiger partial charge in [-0.3, -0.25) is 4.72 Å². The van der Waals surface area contributed by atoms with Gasteiger partial charge in [-0.2, -0.15) is 0 Å². The van der Waals surface area contributed by atoms with E-state index in [1.54, 1.807) is 0 Å². The van der Waals surface area contributed by atoms with Gasteiger partial charge in [-0.05, 0) is 34.1 Å². The molecular weight excluding hydrogens is 439 g/mol. The van der Waals surface area contributed by atoms with E-state index < -0.39 is 33.2 Å². The molecule has 0 aliphatic rings. The normalized spacial score (nSPS) is 11.5. The lowest BCUT2D eigenvalue weighted by atomic mass is 10.3. The minimum Gasteiger partial charge on any atom is -0.277 e. The molecule has 0 radical (unpaired) electrons. The van der Waals surface area contributed by atoms with Crippen molar-refractivity contribution in [3.8, 4) is 0 Å². The van der Waals surface area contributed by atoms with E-state index in [0.717, 1.165) is 0 Å². The molecule has 0 saturated carbocycles. The Morgan fingerprint density at radius 3 is 2.14 bits per heavy atom. The minimum atomic E-state index is -4.16. The summed E-state index contributed by atoms with van der Waals surface area (Å²) in [6.07, 6.45) is 0. The maximum atomic E-state index is 13.5. The summed E-state index contributed by atoms with van der Waals surface area (Å²) in [5.74, 6) is -3.98. The highest BCUT2D eigenvalue weighted by atomic mass is 79.9. The van der Waals surface area contributed by atoms with Crippen LogP contribution in [-0.2, 0) is 10.0 Å². The largest absolute Gasteiger partial charge is 0.277 e. The number of benzene rings is 2. The topological polar surface area (TPSA) is 46.2 Å². The van der Waals surface area contributed by atoms with Crippen LogP contribution in [0.4, 0.5) is 18.9 Å². The quantitative estimate of drug-likeness (QED) is 0.712. The highest BCUT2D eigenvalue weighted by Gasteiger charge is 2.21. The molecule has 1 N–H and O–H groups in total. The monoisotopic (exact) mass is 443 g/mol. The number of halogens is 5. The van der Waals surface area contributed by atoms with Gasteiger partial charge in [0, 0.05) is 21.1 Å². The van der Waals surface area contributed by atoms with Gasteiger partial charge in [0.1, 0.15) is 10.7 Å². The number of anilines is 1. The first-order chi connectivity index (χ1) is 9.70. The van der Waals surface area contributed by atoms with Crippen LogP contribution in [0, 0.1) is 17.5 Å². The first-order valence-electron chi connectivity index (χ1n) is 5.33. The van der Waals surface area contributed by atoms with Crippen molar-refractivity contribution < 1.29 is 21.6 Å². The Hall–Kier alpha value is -1.06. The van der Waals surface area contributed by atoms with E-state index in [1.807, 2.05) is 4.72 Å². The smallest absolute Gasteiger partial charge is 0.263 e. The SMILES string of the molecule is O=S(=O)(Nc1cc(F)c(F)cc1F)c1ccc(Br)cc1Br. The van der Waals surface area contributed by atoms with Crippen LogP contribution >= 0.6 is 31.9 Å². The zero-order chi connectivity index (χ0) is 15.8. The van der Waals surface area contributed by atoms with Crippen molar-refractivity contribution in [3.05, 3.63) is 56.7 Å². The predicted molar refractivity (Wildman–Crippen MR) is 79.0 cm³/mol. The number of hydrogen-bond donors (Lipinski definition) is 1. The molecule has 0 aliphatic heterocycles. The van der Waals surface area contributed by atoms with Gasteiger partial charge in [-0.1, -0.05) is 15.9 Å². The molecule has 0 saturated heterocycles. The second-order valence-electron chi connectivity index (χ2n) is 3.93. The molecule has 0 atom stereocenters. The third-order valence-electron chi connectivity index (χ3n) is 2.44. The molecule has 0 aliphatic carbocycles. The molecular formula is C12H6Br2F3NO2S. The molecule has 0 spiro atoms. The lowest BCUT2D eigenvalue weighted by molar-refractivity contribution is 0.496. The Bertz CT molecular complexity index is 812. The summed E-state index contributed by atoms with van der Waals surface area (Å²) in [7, 11) is -4.16. The summed E-state index contributed by atoms with van der Waals surface area (Å²) < 4.78 is 66.4. The van der Waals surface area contributed by atoms with Crippen molar-refractivity contribution in [2.75, 3.05) is 4.72 Å². The second kappa shape index (κ2) is 5.98. The van der Waals surface area contributed by atoms with Crippen molar-refractivity contribution in [2.45, 2.75) is 4.90 Å². The molecule has 3 nitrogen and oxygen atoms in total. The zero-order valence-corrected chi connectivity index (χ0v) is 14.0. The number of sulfonamides is 1. The van der Waals surface area contributed by atoms with E-state index in [4.69, 9.17) is 0 Å². The van der Waals surface area contributed by atoms with E-state index >= 15 is 0 Å². The van der Waals surface area contributed by atoms with Gasteiger partial charge in [0.05, 0.1) is 5.69 Å². The summed E-state index contributed by atoms with van der Waals surface area (Å²) >= 11 is 6.23. The van der Waals surface area contributed by atoms with Crippen molar-refractivity contribution >= 4 is 47.6 Å². The van der Waals surface area contributed by atoms with Crippen LogP contribution in [-0.4, -0.2) is 8.42 Å². The van der Waals surface area contributed by atoms with Gasteiger partial charge in [-0.25, -0.2) is 21.6 Å². The summed E-state index contributed by atoms with van der Waals surface area (Å²) in [6.45, 7) is 0. The molecule has 0 fully saturated rings. The lowest BCUT2D eigenvalue weighted by Gasteiger charge is -2.11. The Morgan fingerprint density at radius 2 is 1.52 bits per heavy atom. The Morgan fingerprint density at radius 1 is 0.905 bits per heavy atom. The van der Waals surface area contributed by atoms with Crippen molar-refractivity contribution in [3.63, 3.8) is 0 Å². The van der Waals surface area contributed by atoms with E-state index in [1.165, 1.54) is 18.2 Å². The molecule has 0 amide bonds. The fraction of sp³-hybridized carbons (Fsp3) is 0. The molecule has 0 unspecified atom stereocenters. The molecule has 0 heterocycles. The van der Waals surface area contributed by atoms with Crippen LogP contribution in [0.15, 0.2) is 44.2 Å². The molecule has 0 bridgehead atoms. The van der Waals surface area contributed by atoms with Gasteiger partial charge in [0.2, 0.25) is 0 Å². The van der Waals surface area contributed by atoms with E-state index in [9.17, 15) is 21.6 Å². The molecule has 112 valence electrons. The fourth-order valence-corrected chi connectivity index (χ4v) is 4.30. The second-order valence-corrected chi connectivity index (χ2v) is 7.35. The highest BCUT2D eigenvalue weighted by Crippen LogP contribution is 2.28. The fourth-order valence-electron chi connectivity index (χ4n) is 1.49. The van der Waals surface area contributed by atoms with E-state index in [2.05, 4.69) is 31.9 Å². The van der Waals surface area contributed by atoms with Gasteiger partial charge < -0.3 is 0 Å². The van der Waals surface area contributed by atoms with Crippen LogP contribution in [0.1, 0.15) is 0 Å². The van der Waals surface area contributed by atoms with Crippen LogP contribution < -0.4 is 4.72 Å². The first kappa shape index (κ1) is 16.3. The zero-order valence-electron chi connectivity index (χ0n) is 10.0. The minimum absolute atomic E-state index is 0.171. The molecule has 0 aromatic heterocycles. The van der Waals surface area contributed by atoms with E-state index in [0.29, 0.717) is 10.5 Å². The van der Waals surface area contributed by atoms with Crippen LogP contribution in [0.3, 0.4) is 0 Å². The molecule has 2 aromatic rings. The first-order valence-corrected chi connectivity index (χ1v) is 8.40. The van der Waals surface area contributed by atoms with Crippen LogP contribution in [0.5, 0.6) is 0 Å². The summed E-state index contributed by atoms with van der Waals surface area (Å²) in [4.78, 5) is -0.171. The van der Waals surface area contributed by atoms with Gasteiger partial charge in [0.25, 0.3) is 10.0 Å². The number of hydrogen-bond acceptors (Lipinski definition) is 2. The third-order valence-corrected chi connectivity index (χ3v) is 5.27. The van der Waals surface area contributed by atoms with Crippen molar-refractivity contribution in [1.82, 2.24) is 0 Å². The van der Waals surface area contributed by atoms with Gasteiger partial charge in [-0.15, -0.1) is 0 Å². The Kier molecular flexibility index (Phi) is 4.64. The summed E-state index contributed by atoms with van der Waals surface area (Å²) in [5, 5.41) is 0. The molecule has 2 aromatic carbocycles. The third kappa shape index (κ3) is 3.58. The Balaban J connectivity index is 2.45. The predicted octanol–water partition coefficient (Wildman–Crippen LogP) is 4.43. The van der Waals surface area contributed by atoms with E-state index in [-0.39, 0.29) is 15.4 Å². The average Bonchev–Trinajstić information content (AvgIpc) is 2.35. The van der Waals surface area contributed by atoms with Gasteiger partial charge >= 0.3 is 0 Å². The molecule has 2 rings (SSSR count). The molecule has 21 heavy (non-hydrogen) atoms. The number of nitrogens with one attached hydrogen (secondary N) is 1. The maximum Gasteiger partial charge on any atom is 0.263 e. The lowest BCUT2D eigenvalue weighted by Crippen LogP contribution is -2.15. The highest BCUT2D eigenvalue weighted by molar-refractivity contribution is 9.11. The summed E-state index contributed by atoms with van der Waals surface area (Å²) in [6, 6.07) is 4.93. The summed E-state index contributed by atoms with van der Waals surface area (Å²) in [5.41, 5.74) is -0.677. The standard InChI is InChI=1S/C12H6Br2F3NO2S/c13-6-1-2-12(7(14)3-6)21(19,20)18-11-5-9(16)8(15)4-10(11)17/h1-5,18H. The molecule has 9 heteroatoms.